The first-order valence-electron chi connectivity index (χ1n) is 7.32. The normalized spacial score (nSPS) is 11.3. The molecule has 0 bridgehead atoms. The molecule has 0 spiro atoms. The summed E-state index contributed by atoms with van der Waals surface area (Å²) in [6.07, 6.45) is 0. The van der Waals surface area contributed by atoms with Crippen LogP contribution in [0.15, 0.2) is 66.7 Å². The summed E-state index contributed by atoms with van der Waals surface area (Å²) < 4.78 is 2.40. The van der Waals surface area contributed by atoms with Gasteiger partial charge in [0, 0.05) is 10.8 Å². The van der Waals surface area contributed by atoms with E-state index in [1.807, 2.05) is 0 Å². The van der Waals surface area contributed by atoms with Crippen LogP contribution in [0, 0.1) is 13.8 Å². The number of para-hydroxylation sites is 3. The number of nitrogens with zero attached hydrogens (tertiary/aromatic N) is 1. The third-order valence-corrected chi connectivity index (χ3v) is 4.24. The van der Waals surface area contributed by atoms with Crippen LogP contribution in [0.2, 0.25) is 0 Å². The Hall–Kier alpha value is -2.54. The lowest BCUT2D eigenvalue weighted by Crippen LogP contribution is -1.99. The molecule has 1 nitrogen and oxygen atoms in total. The average molecular weight is 271 g/mol. The Kier molecular flexibility index (Phi) is 2.61. The second-order valence-corrected chi connectivity index (χ2v) is 5.61. The van der Waals surface area contributed by atoms with Crippen molar-refractivity contribution in [3.63, 3.8) is 0 Å². The van der Waals surface area contributed by atoms with Crippen LogP contribution < -0.4 is 0 Å². The molecule has 0 aliphatic heterocycles. The van der Waals surface area contributed by atoms with Gasteiger partial charge in [-0.2, -0.15) is 0 Å². The Morgan fingerprint density at radius 3 is 1.57 bits per heavy atom. The molecule has 1 heteroatoms. The quantitative estimate of drug-likeness (QED) is 0.437. The fourth-order valence-electron chi connectivity index (χ4n) is 3.32. The SMILES string of the molecule is Cc1cccc(C)c1-n1c2ccccc2c2ccccc21. The summed E-state index contributed by atoms with van der Waals surface area (Å²) in [5, 5.41) is 2.63. The van der Waals surface area contributed by atoms with Crippen LogP contribution in [-0.2, 0) is 0 Å². The maximum atomic E-state index is 2.40. The van der Waals surface area contributed by atoms with Gasteiger partial charge in [0.25, 0.3) is 0 Å². The van der Waals surface area contributed by atoms with Gasteiger partial charge in [-0.05, 0) is 37.1 Å². The molecular weight excluding hydrogens is 254 g/mol. The molecule has 0 radical (unpaired) electrons. The molecule has 0 saturated carbocycles. The van der Waals surface area contributed by atoms with E-state index in [1.165, 1.54) is 38.6 Å². The maximum Gasteiger partial charge on any atom is 0.0541 e. The summed E-state index contributed by atoms with van der Waals surface area (Å²) in [6, 6.07) is 23.8. The Labute approximate surface area is 124 Å². The van der Waals surface area contributed by atoms with E-state index in [4.69, 9.17) is 0 Å². The first kappa shape index (κ1) is 12.2. The first-order valence-corrected chi connectivity index (χ1v) is 7.32. The van der Waals surface area contributed by atoms with E-state index >= 15 is 0 Å². The molecule has 0 fully saturated rings. The molecule has 0 amide bonds. The van der Waals surface area contributed by atoms with E-state index < -0.39 is 0 Å². The highest BCUT2D eigenvalue weighted by Gasteiger charge is 2.13. The summed E-state index contributed by atoms with van der Waals surface area (Å²) >= 11 is 0. The molecule has 21 heavy (non-hydrogen) atoms. The van der Waals surface area contributed by atoms with Gasteiger partial charge in [-0.25, -0.2) is 0 Å². The lowest BCUT2D eigenvalue weighted by molar-refractivity contribution is 1.12. The van der Waals surface area contributed by atoms with Crippen LogP contribution in [0.5, 0.6) is 0 Å². The van der Waals surface area contributed by atoms with Crippen molar-refractivity contribution >= 4 is 21.8 Å². The van der Waals surface area contributed by atoms with E-state index in [9.17, 15) is 0 Å². The van der Waals surface area contributed by atoms with Crippen LogP contribution >= 0.6 is 0 Å². The average Bonchev–Trinajstić information content (AvgIpc) is 2.83. The van der Waals surface area contributed by atoms with Crippen molar-refractivity contribution in [3.05, 3.63) is 77.9 Å². The van der Waals surface area contributed by atoms with Crippen molar-refractivity contribution in [2.45, 2.75) is 13.8 Å². The Morgan fingerprint density at radius 2 is 1.05 bits per heavy atom. The van der Waals surface area contributed by atoms with Crippen molar-refractivity contribution < 1.29 is 0 Å². The zero-order valence-electron chi connectivity index (χ0n) is 12.3. The molecule has 0 atom stereocenters. The van der Waals surface area contributed by atoms with Gasteiger partial charge in [0.2, 0.25) is 0 Å². The van der Waals surface area contributed by atoms with Crippen LogP contribution in [0.4, 0.5) is 0 Å². The van der Waals surface area contributed by atoms with Crippen LogP contribution in [-0.4, -0.2) is 4.57 Å². The van der Waals surface area contributed by atoms with Crippen molar-refractivity contribution in [1.82, 2.24) is 4.57 Å². The van der Waals surface area contributed by atoms with Gasteiger partial charge >= 0.3 is 0 Å². The lowest BCUT2D eigenvalue weighted by atomic mass is 10.1. The number of aryl methyl sites for hydroxylation is 2. The third kappa shape index (κ3) is 1.71. The molecule has 4 rings (SSSR count). The highest BCUT2D eigenvalue weighted by molar-refractivity contribution is 6.09. The zero-order valence-corrected chi connectivity index (χ0v) is 12.3. The molecule has 102 valence electrons. The predicted molar refractivity (Wildman–Crippen MR) is 90.3 cm³/mol. The summed E-state index contributed by atoms with van der Waals surface area (Å²) in [4.78, 5) is 0. The first-order chi connectivity index (χ1) is 10.3. The van der Waals surface area contributed by atoms with Crippen molar-refractivity contribution in [2.75, 3.05) is 0 Å². The van der Waals surface area contributed by atoms with Gasteiger partial charge in [0.05, 0.1) is 16.7 Å². The fourth-order valence-corrected chi connectivity index (χ4v) is 3.32. The maximum absolute atomic E-state index is 2.40. The summed E-state index contributed by atoms with van der Waals surface area (Å²) in [5.41, 5.74) is 6.46. The molecule has 1 aromatic heterocycles. The van der Waals surface area contributed by atoms with Crippen molar-refractivity contribution in [1.29, 1.82) is 0 Å². The Balaban J connectivity index is 2.26. The highest BCUT2D eigenvalue weighted by Crippen LogP contribution is 2.33. The van der Waals surface area contributed by atoms with Crippen LogP contribution in [0.25, 0.3) is 27.5 Å². The van der Waals surface area contributed by atoms with E-state index in [0.717, 1.165) is 0 Å². The molecule has 0 unspecified atom stereocenters. The van der Waals surface area contributed by atoms with Crippen LogP contribution in [0.3, 0.4) is 0 Å². The number of fused-ring (bicyclic) bond motifs is 3. The van der Waals surface area contributed by atoms with E-state index in [1.54, 1.807) is 0 Å². The molecule has 3 aromatic carbocycles. The van der Waals surface area contributed by atoms with Gasteiger partial charge in [-0.3, -0.25) is 0 Å². The number of rotatable bonds is 1. The Morgan fingerprint density at radius 1 is 0.571 bits per heavy atom. The van der Waals surface area contributed by atoms with Gasteiger partial charge in [0.1, 0.15) is 0 Å². The van der Waals surface area contributed by atoms with Crippen molar-refractivity contribution in [2.24, 2.45) is 0 Å². The van der Waals surface area contributed by atoms with E-state index in [-0.39, 0.29) is 0 Å². The molecule has 0 saturated heterocycles. The molecule has 0 N–H and O–H groups in total. The number of hydrogen-bond acceptors (Lipinski definition) is 0. The van der Waals surface area contributed by atoms with Gasteiger partial charge in [-0.1, -0.05) is 54.6 Å². The van der Waals surface area contributed by atoms with Crippen LogP contribution in [0.1, 0.15) is 11.1 Å². The summed E-state index contributed by atoms with van der Waals surface area (Å²) in [7, 11) is 0. The number of aromatic nitrogens is 1. The van der Waals surface area contributed by atoms with E-state index in [0.29, 0.717) is 0 Å². The second kappa shape index (κ2) is 4.49. The summed E-state index contributed by atoms with van der Waals surface area (Å²) in [6.45, 7) is 4.37. The smallest absolute Gasteiger partial charge is 0.0541 e. The third-order valence-electron chi connectivity index (χ3n) is 4.24. The molecule has 0 aliphatic carbocycles. The minimum absolute atomic E-state index is 1.27. The fraction of sp³-hybridized carbons (Fsp3) is 0.100. The van der Waals surface area contributed by atoms with Gasteiger partial charge in [-0.15, -0.1) is 0 Å². The number of hydrogen-bond donors (Lipinski definition) is 0. The standard InChI is InChI=1S/C20H17N/c1-14-8-7-9-15(2)20(14)21-18-12-5-3-10-16(18)17-11-4-6-13-19(17)21/h3-13H,1-2H3. The lowest BCUT2D eigenvalue weighted by Gasteiger charge is -2.14. The largest absolute Gasteiger partial charge is 0.309 e. The molecule has 1 heterocycles. The minimum atomic E-state index is 1.27. The molecule has 4 aromatic rings. The minimum Gasteiger partial charge on any atom is -0.309 e. The second-order valence-electron chi connectivity index (χ2n) is 5.61. The van der Waals surface area contributed by atoms with Gasteiger partial charge in [0.15, 0.2) is 0 Å². The van der Waals surface area contributed by atoms with Crippen molar-refractivity contribution in [3.8, 4) is 5.69 Å². The predicted octanol–water partition coefficient (Wildman–Crippen LogP) is 5.40. The molecular formula is C20H17N. The highest BCUT2D eigenvalue weighted by atomic mass is 15.0. The monoisotopic (exact) mass is 271 g/mol. The number of benzene rings is 3. The van der Waals surface area contributed by atoms with E-state index in [2.05, 4.69) is 85.1 Å². The topological polar surface area (TPSA) is 4.93 Å². The zero-order chi connectivity index (χ0) is 14.4. The molecule has 0 aliphatic rings. The summed E-state index contributed by atoms with van der Waals surface area (Å²) in [5.74, 6) is 0. The van der Waals surface area contributed by atoms with Gasteiger partial charge < -0.3 is 4.57 Å². The Bertz CT molecular complexity index is 887.